The summed E-state index contributed by atoms with van der Waals surface area (Å²) in [6.07, 6.45) is 0. The van der Waals surface area contributed by atoms with Gasteiger partial charge < -0.3 is 9.73 Å². The number of hydrogen-bond donors (Lipinski definition) is 1. The van der Waals surface area contributed by atoms with Gasteiger partial charge in [0.25, 0.3) is 10.9 Å². The van der Waals surface area contributed by atoms with Crippen molar-refractivity contribution in [3.8, 4) is 11.5 Å². The lowest BCUT2D eigenvalue weighted by Crippen LogP contribution is -2.13. The molecule has 25 heavy (non-hydrogen) atoms. The predicted octanol–water partition coefficient (Wildman–Crippen LogP) is 3.38. The fourth-order valence-corrected chi connectivity index (χ4v) is 2.55. The first-order chi connectivity index (χ1) is 12.1. The lowest BCUT2D eigenvalue weighted by atomic mass is 10.2. The summed E-state index contributed by atoms with van der Waals surface area (Å²) in [5.41, 5.74) is 1.09. The topological polar surface area (TPSA) is 111 Å². The smallest absolute Gasteiger partial charge is 0.277 e. The molecule has 0 saturated carbocycles. The number of nitrogens with zero attached hydrogens (tertiary/aromatic N) is 3. The second-order valence-electron chi connectivity index (χ2n) is 4.88. The van der Waals surface area contributed by atoms with Gasteiger partial charge in [-0.05, 0) is 18.2 Å². The van der Waals surface area contributed by atoms with E-state index in [1.807, 2.05) is 18.2 Å². The van der Waals surface area contributed by atoms with E-state index in [1.54, 1.807) is 18.2 Å². The van der Waals surface area contributed by atoms with Crippen molar-refractivity contribution in [2.45, 2.75) is 5.22 Å². The molecule has 0 saturated heterocycles. The van der Waals surface area contributed by atoms with Crippen molar-refractivity contribution < 1.29 is 14.1 Å². The first kappa shape index (κ1) is 16.7. The molecule has 1 N–H and O–H groups in total. The maximum absolute atomic E-state index is 11.9. The second-order valence-corrected chi connectivity index (χ2v) is 5.81. The lowest BCUT2D eigenvalue weighted by molar-refractivity contribution is -0.384. The average molecular weight is 356 g/mol. The molecule has 2 aromatic carbocycles. The molecule has 3 aromatic rings. The minimum Gasteiger partial charge on any atom is -0.411 e. The summed E-state index contributed by atoms with van der Waals surface area (Å²) in [4.78, 5) is 22.2. The van der Waals surface area contributed by atoms with Crippen LogP contribution in [-0.2, 0) is 4.79 Å². The van der Waals surface area contributed by atoms with Crippen molar-refractivity contribution in [3.05, 3.63) is 64.7 Å². The van der Waals surface area contributed by atoms with Crippen LogP contribution in [0.1, 0.15) is 0 Å². The van der Waals surface area contributed by atoms with Crippen LogP contribution in [0.5, 0.6) is 0 Å². The van der Waals surface area contributed by atoms with Crippen LogP contribution >= 0.6 is 11.8 Å². The molecule has 0 fully saturated rings. The average Bonchev–Trinajstić information content (AvgIpc) is 3.10. The molecule has 0 radical (unpaired) electrons. The zero-order chi connectivity index (χ0) is 17.6. The van der Waals surface area contributed by atoms with E-state index in [0.29, 0.717) is 11.3 Å². The number of nitro benzene ring substituents is 1. The molecular weight excluding hydrogens is 344 g/mol. The number of aromatic nitrogens is 2. The Bertz CT molecular complexity index is 898. The molecule has 8 nitrogen and oxygen atoms in total. The maximum atomic E-state index is 11.9. The van der Waals surface area contributed by atoms with Gasteiger partial charge in [0.1, 0.15) is 0 Å². The number of anilines is 1. The number of amides is 1. The molecule has 0 aliphatic heterocycles. The number of thioether (sulfide) groups is 1. The highest BCUT2D eigenvalue weighted by Gasteiger charge is 2.14. The van der Waals surface area contributed by atoms with E-state index >= 15 is 0 Å². The Morgan fingerprint density at radius 3 is 2.72 bits per heavy atom. The monoisotopic (exact) mass is 356 g/mol. The number of hydrogen-bond acceptors (Lipinski definition) is 7. The Labute approximate surface area is 146 Å². The van der Waals surface area contributed by atoms with Gasteiger partial charge in [-0.25, -0.2) is 0 Å². The normalized spacial score (nSPS) is 10.4. The van der Waals surface area contributed by atoms with Crippen LogP contribution in [0.2, 0.25) is 0 Å². The summed E-state index contributed by atoms with van der Waals surface area (Å²) in [6.45, 7) is 0. The number of rotatable bonds is 6. The number of carbonyl (C=O) groups is 1. The number of carbonyl (C=O) groups excluding carboxylic acids is 1. The van der Waals surface area contributed by atoms with E-state index < -0.39 is 4.92 Å². The molecule has 0 atom stereocenters. The minimum absolute atomic E-state index is 0.0628. The van der Waals surface area contributed by atoms with E-state index in [1.165, 1.54) is 18.2 Å². The van der Waals surface area contributed by atoms with Gasteiger partial charge in [0.05, 0.1) is 10.7 Å². The van der Waals surface area contributed by atoms with Gasteiger partial charge in [0.15, 0.2) is 0 Å². The summed E-state index contributed by atoms with van der Waals surface area (Å²) >= 11 is 1.09. The van der Waals surface area contributed by atoms with Crippen molar-refractivity contribution >= 4 is 29.0 Å². The Morgan fingerprint density at radius 1 is 1.16 bits per heavy atom. The molecule has 1 aromatic heterocycles. The van der Waals surface area contributed by atoms with Crippen LogP contribution in [0.4, 0.5) is 11.4 Å². The number of nitro groups is 1. The Balaban J connectivity index is 1.61. The van der Waals surface area contributed by atoms with Crippen molar-refractivity contribution in [2.24, 2.45) is 0 Å². The standard InChI is InChI=1S/C16H12N4O4S/c21-14(17-12-6-2-1-3-7-12)10-25-16-19-18-15(24-16)11-5-4-8-13(9-11)20(22)23/h1-9H,10H2,(H,17,21). The van der Waals surface area contributed by atoms with Gasteiger partial charge >= 0.3 is 0 Å². The molecule has 0 spiro atoms. The van der Waals surface area contributed by atoms with Crippen LogP contribution in [0.15, 0.2) is 64.2 Å². The molecule has 0 bridgehead atoms. The molecule has 1 heterocycles. The summed E-state index contributed by atoms with van der Waals surface area (Å²) in [5.74, 6) is 0.0619. The van der Waals surface area contributed by atoms with Gasteiger partial charge in [-0.2, -0.15) is 0 Å². The summed E-state index contributed by atoms with van der Waals surface area (Å²) < 4.78 is 5.44. The van der Waals surface area contributed by atoms with Crippen molar-refractivity contribution in [1.82, 2.24) is 10.2 Å². The fourth-order valence-electron chi connectivity index (χ4n) is 1.98. The maximum Gasteiger partial charge on any atom is 0.277 e. The third-order valence-electron chi connectivity index (χ3n) is 3.09. The number of benzene rings is 2. The summed E-state index contributed by atoms with van der Waals surface area (Å²) in [5, 5.41) is 21.5. The zero-order valence-electron chi connectivity index (χ0n) is 12.8. The summed E-state index contributed by atoms with van der Waals surface area (Å²) in [6, 6.07) is 15.0. The first-order valence-corrected chi connectivity index (χ1v) is 8.16. The molecule has 9 heteroatoms. The fraction of sp³-hybridized carbons (Fsp3) is 0.0625. The summed E-state index contributed by atoms with van der Waals surface area (Å²) in [7, 11) is 0. The molecule has 0 unspecified atom stereocenters. The van der Waals surface area contributed by atoms with E-state index in [2.05, 4.69) is 15.5 Å². The Hall–Kier alpha value is -3.20. The first-order valence-electron chi connectivity index (χ1n) is 7.18. The van der Waals surface area contributed by atoms with Crippen molar-refractivity contribution in [2.75, 3.05) is 11.1 Å². The van der Waals surface area contributed by atoms with Crippen LogP contribution in [0.25, 0.3) is 11.5 Å². The molecule has 126 valence electrons. The highest BCUT2D eigenvalue weighted by Crippen LogP contribution is 2.25. The van der Waals surface area contributed by atoms with E-state index in [9.17, 15) is 14.9 Å². The number of non-ortho nitro benzene ring substituents is 1. The SMILES string of the molecule is O=C(CSc1nnc(-c2cccc([N+](=O)[O-])c2)o1)Nc1ccccc1. The van der Waals surface area contributed by atoms with Crippen LogP contribution < -0.4 is 5.32 Å². The predicted molar refractivity (Wildman–Crippen MR) is 92.2 cm³/mol. The molecule has 0 aliphatic carbocycles. The van der Waals surface area contributed by atoms with Gasteiger partial charge in [-0.15, -0.1) is 10.2 Å². The number of nitrogens with one attached hydrogen (secondary N) is 1. The number of para-hydroxylation sites is 1. The van der Waals surface area contributed by atoms with Crippen molar-refractivity contribution in [3.63, 3.8) is 0 Å². The van der Waals surface area contributed by atoms with Crippen LogP contribution in [-0.4, -0.2) is 26.8 Å². The zero-order valence-corrected chi connectivity index (χ0v) is 13.6. The minimum atomic E-state index is -0.497. The Morgan fingerprint density at radius 2 is 1.96 bits per heavy atom. The second kappa shape index (κ2) is 7.58. The lowest BCUT2D eigenvalue weighted by Gasteiger charge is -2.02. The molecular formula is C16H12N4O4S. The highest BCUT2D eigenvalue weighted by atomic mass is 32.2. The molecule has 0 aliphatic rings. The highest BCUT2D eigenvalue weighted by molar-refractivity contribution is 7.99. The van der Waals surface area contributed by atoms with E-state index in [-0.39, 0.29) is 28.5 Å². The molecule has 3 rings (SSSR count). The van der Waals surface area contributed by atoms with Gasteiger partial charge in [-0.1, -0.05) is 36.0 Å². The third-order valence-corrected chi connectivity index (χ3v) is 3.91. The van der Waals surface area contributed by atoms with E-state index in [4.69, 9.17) is 4.42 Å². The third kappa shape index (κ3) is 4.42. The van der Waals surface area contributed by atoms with Gasteiger partial charge in [0.2, 0.25) is 11.8 Å². The van der Waals surface area contributed by atoms with Gasteiger partial charge in [-0.3, -0.25) is 14.9 Å². The van der Waals surface area contributed by atoms with Crippen LogP contribution in [0, 0.1) is 10.1 Å². The van der Waals surface area contributed by atoms with Gasteiger partial charge in [0, 0.05) is 23.4 Å². The Kier molecular flexibility index (Phi) is 5.05. The molecule has 1 amide bonds. The van der Waals surface area contributed by atoms with Crippen LogP contribution in [0.3, 0.4) is 0 Å². The van der Waals surface area contributed by atoms with E-state index in [0.717, 1.165) is 11.8 Å². The largest absolute Gasteiger partial charge is 0.411 e. The quantitative estimate of drug-likeness (QED) is 0.409. The van der Waals surface area contributed by atoms with Crippen molar-refractivity contribution in [1.29, 1.82) is 0 Å².